The lowest BCUT2D eigenvalue weighted by atomic mass is 10.2. The molecule has 112 valence electrons. The van der Waals surface area contributed by atoms with Gasteiger partial charge in [0.15, 0.2) is 0 Å². The molecule has 0 unspecified atom stereocenters. The Morgan fingerprint density at radius 3 is 3.05 bits per heavy atom. The number of aromatic nitrogens is 3. The fraction of sp³-hybridized carbons (Fsp3) is 0.500. The van der Waals surface area contributed by atoms with E-state index in [-0.39, 0.29) is 0 Å². The monoisotopic (exact) mass is 285 g/mol. The number of rotatable bonds is 7. The third-order valence-corrected chi connectivity index (χ3v) is 3.90. The minimum atomic E-state index is 0.806. The molecule has 0 amide bonds. The molecule has 21 heavy (non-hydrogen) atoms. The Morgan fingerprint density at radius 1 is 1.24 bits per heavy atom. The highest BCUT2D eigenvalue weighted by atomic mass is 15.4. The van der Waals surface area contributed by atoms with Crippen LogP contribution in [0.25, 0.3) is 0 Å². The van der Waals surface area contributed by atoms with Gasteiger partial charge in [0.2, 0.25) is 0 Å². The van der Waals surface area contributed by atoms with Gasteiger partial charge in [-0.3, -0.25) is 4.68 Å². The number of benzene rings is 1. The zero-order chi connectivity index (χ0) is 14.5. The van der Waals surface area contributed by atoms with Crippen LogP contribution in [0.3, 0.4) is 0 Å². The van der Waals surface area contributed by atoms with Crippen molar-refractivity contribution in [3.8, 4) is 0 Å². The zero-order valence-electron chi connectivity index (χ0n) is 12.6. The molecule has 3 rings (SSSR count). The Labute approximate surface area is 126 Å². The van der Waals surface area contributed by atoms with Gasteiger partial charge < -0.3 is 10.2 Å². The van der Waals surface area contributed by atoms with Gasteiger partial charge in [0, 0.05) is 31.5 Å². The molecule has 1 aliphatic heterocycles. The summed E-state index contributed by atoms with van der Waals surface area (Å²) in [5.41, 5.74) is 3.85. The van der Waals surface area contributed by atoms with E-state index in [0.717, 1.165) is 51.3 Å². The molecule has 0 radical (unpaired) electrons. The van der Waals surface area contributed by atoms with Gasteiger partial charge in [-0.15, -0.1) is 5.10 Å². The number of nitrogens with one attached hydrogen (secondary N) is 1. The van der Waals surface area contributed by atoms with Crippen LogP contribution in [-0.2, 0) is 19.5 Å². The van der Waals surface area contributed by atoms with E-state index >= 15 is 0 Å². The number of nitrogens with zero attached hydrogens (tertiary/aromatic N) is 4. The van der Waals surface area contributed by atoms with Crippen molar-refractivity contribution in [2.45, 2.75) is 32.9 Å². The average molecular weight is 285 g/mol. The van der Waals surface area contributed by atoms with Crippen molar-refractivity contribution in [3.63, 3.8) is 0 Å². The summed E-state index contributed by atoms with van der Waals surface area (Å²) in [5.74, 6) is 0. The molecule has 2 aromatic rings. The molecule has 0 spiro atoms. The first-order chi connectivity index (χ1) is 10.4. The molecule has 0 atom stereocenters. The third-order valence-electron chi connectivity index (χ3n) is 3.90. The summed E-state index contributed by atoms with van der Waals surface area (Å²) in [6.07, 6.45) is 4.34. The van der Waals surface area contributed by atoms with E-state index < -0.39 is 0 Å². The van der Waals surface area contributed by atoms with Crippen molar-refractivity contribution in [1.29, 1.82) is 0 Å². The fourth-order valence-electron chi connectivity index (χ4n) is 2.78. The van der Waals surface area contributed by atoms with Gasteiger partial charge in [0.25, 0.3) is 0 Å². The molecule has 0 bridgehead atoms. The molecule has 5 heteroatoms. The predicted molar refractivity (Wildman–Crippen MR) is 84.4 cm³/mol. The van der Waals surface area contributed by atoms with Gasteiger partial charge in [0.05, 0.1) is 12.2 Å². The lowest BCUT2D eigenvalue weighted by Crippen LogP contribution is -2.25. The molecule has 0 saturated heterocycles. The number of hydrogen-bond donors (Lipinski definition) is 1. The topological polar surface area (TPSA) is 46.0 Å². The highest BCUT2D eigenvalue weighted by Crippen LogP contribution is 2.26. The van der Waals surface area contributed by atoms with Gasteiger partial charge in [-0.2, -0.15) is 0 Å². The normalized spacial score (nSPS) is 13.7. The van der Waals surface area contributed by atoms with E-state index in [1.165, 1.54) is 11.3 Å². The number of hydrogen-bond acceptors (Lipinski definition) is 4. The lowest BCUT2D eigenvalue weighted by Gasteiger charge is -2.18. The molecular weight excluding hydrogens is 262 g/mol. The Kier molecular flexibility index (Phi) is 4.50. The second-order valence-electron chi connectivity index (χ2n) is 5.52. The maximum Gasteiger partial charge on any atom is 0.0964 e. The summed E-state index contributed by atoms with van der Waals surface area (Å²) in [6.45, 7) is 6.98. The Balaban J connectivity index is 1.52. The molecule has 0 saturated carbocycles. The molecule has 5 nitrogen and oxygen atoms in total. The van der Waals surface area contributed by atoms with Gasteiger partial charge in [0.1, 0.15) is 0 Å². The number of para-hydroxylation sites is 1. The van der Waals surface area contributed by atoms with Crippen molar-refractivity contribution >= 4 is 5.69 Å². The molecule has 2 heterocycles. The number of fused-ring (bicyclic) bond motifs is 1. The highest BCUT2D eigenvalue weighted by Gasteiger charge is 2.17. The molecule has 1 aromatic carbocycles. The quantitative estimate of drug-likeness (QED) is 0.789. The minimum Gasteiger partial charge on any atom is -0.369 e. The van der Waals surface area contributed by atoms with Gasteiger partial charge in [-0.05, 0) is 31.0 Å². The van der Waals surface area contributed by atoms with Gasteiger partial charge in [-0.1, -0.05) is 30.3 Å². The van der Waals surface area contributed by atoms with Crippen LogP contribution in [0.5, 0.6) is 0 Å². The first kappa shape index (κ1) is 14.1. The maximum atomic E-state index is 4.21. The van der Waals surface area contributed by atoms with Crippen LogP contribution >= 0.6 is 0 Å². The van der Waals surface area contributed by atoms with E-state index in [0.29, 0.717) is 0 Å². The number of anilines is 1. The standard InChI is InChI=1S/C16H23N5/c1-2-8-17-12-15-13-21(19-18-15)11-10-20-9-7-14-5-3-4-6-16(14)20/h3-6,13,17H,2,7-12H2,1H3. The largest absolute Gasteiger partial charge is 0.369 e. The fourth-order valence-corrected chi connectivity index (χ4v) is 2.78. The summed E-state index contributed by atoms with van der Waals surface area (Å²) >= 11 is 0. The minimum absolute atomic E-state index is 0.806. The molecule has 1 aromatic heterocycles. The zero-order valence-corrected chi connectivity index (χ0v) is 12.6. The Hall–Kier alpha value is -1.88. The van der Waals surface area contributed by atoms with Crippen molar-refractivity contribution in [1.82, 2.24) is 20.3 Å². The van der Waals surface area contributed by atoms with Crippen molar-refractivity contribution in [2.75, 3.05) is 24.5 Å². The average Bonchev–Trinajstić information content (AvgIpc) is 3.12. The second-order valence-corrected chi connectivity index (χ2v) is 5.52. The van der Waals surface area contributed by atoms with Crippen LogP contribution in [0.15, 0.2) is 30.5 Å². The van der Waals surface area contributed by atoms with Crippen molar-refractivity contribution in [2.24, 2.45) is 0 Å². The smallest absolute Gasteiger partial charge is 0.0964 e. The van der Waals surface area contributed by atoms with E-state index in [1.54, 1.807) is 0 Å². The SMILES string of the molecule is CCCNCc1cn(CCN2CCc3ccccc32)nn1. The molecule has 1 aliphatic rings. The Bertz CT molecular complexity index is 578. The summed E-state index contributed by atoms with van der Waals surface area (Å²) in [7, 11) is 0. The van der Waals surface area contributed by atoms with Crippen LogP contribution in [0.4, 0.5) is 5.69 Å². The summed E-state index contributed by atoms with van der Waals surface area (Å²) in [4.78, 5) is 2.44. The van der Waals surface area contributed by atoms with Crippen LogP contribution < -0.4 is 10.2 Å². The first-order valence-corrected chi connectivity index (χ1v) is 7.79. The highest BCUT2D eigenvalue weighted by molar-refractivity contribution is 5.57. The summed E-state index contributed by atoms with van der Waals surface area (Å²) < 4.78 is 1.95. The molecule has 0 aliphatic carbocycles. The molecule has 0 fully saturated rings. The van der Waals surface area contributed by atoms with Crippen LogP contribution in [0.1, 0.15) is 24.6 Å². The third kappa shape index (κ3) is 3.42. The maximum absolute atomic E-state index is 4.21. The van der Waals surface area contributed by atoms with Crippen molar-refractivity contribution < 1.29 is 0 Å². The second kappa shape index (κ2) is 6.72. The van der Waals surface area contributed by atoms with E-state index in [9.17, 15) is 0 Å². The van der Waals surface area contributed by atoms with Crippen LogP contribution in [0.2, 0.25) is 0 Å². The van der Waals surface area contributed by atoms with Crippen molar-refractivity contribution in [3.05, 3.63) is 41.7 Å². The van der Waals surface area contributed by atoms with E-state index in [2.05, 4.69) is 51.7 Å². The predicted octanol–water partition coefficient (Wildman–Crippen LogP) is 1.84. The Morgan fingerprint density at radius 2 is 2.14 bits per heavy atom. The summed E-state index contributed by atoms with van der Waals surface area (Å²) in [5, 5.41) is 11.8. The molecular formula is C16H23N5. The lowest BCUT2D eigenvalue weighted by molar-refractivity contribution is 0.580. The van der Waals surface area contributed by atoms with Crippen LogP contribution in [-0.4, -0.2) is 34.6 Å². The first-order valence-electron chi connectivity index (χ1n) is 7.79. The van der Waals surface area contributed by atoms with E-state index in [1.807, 2.05) is 10.9 Å². The molecule has 1 N–H and O–H groups in total. The van der Waals surface area contributed by atoms with Crippen LogP contribution in [0, 0.1) is 0 Å². The van der Waals surface area contributed by atoms with Gasteiger partial charge in [-0.25, -0.2) is 0 Å². The van der Waals surface area contributed by atoms with Gasteiger partial charge >= 0.3 is 0 Å². The van der Waals surface area contributed by atoms with E-state index in [4.69, 9.17) is 0 Å². The summed E-state index contributed by atoms with van der Waals surface area (Å²) in [6, 6.07) is 8.67.